The number of amides is 2. The lowest BCUT2D eigenvalue weighted by Gasteiger charge is -2.15. The molecule has 0 fully saturated rings. The molecule has 168 valence electrons. The Bertz CT molecular complexity index is 1390. The molecule has 0 atom stereocenters. The quantitative estimate of drug-likeness (QED) is 0.334. The van der Waals surface area contributed by atoms with Crippen molar-refractivity contribution < 1.29 is 19.3 Å². The Morgan fingerprint density at radius 1 is 0.853 bits per heavy atom. The molecule has 0 saturated carbocycles. The van der Waals surface area contributed by atoms with Crippen molar-refractivity contribution in [2.75, 3.05) is 0 Å². The summed E-state index contributed by atoms with van der Waals surface area (Å²) in [5.74, 6) is -1.37. The number of rotatable bonds is 6. The molecule has 7 nitrogen and oxygen atoms in total. The van der Waals surface area contributed by atoms with Gasteiger partial charge >= 0.3 is 5.91 Å². The summed E-state index contributed by atoms with van der Waals surface area (Å²) in [4.78, 5) is 28.5. The first kappa shape index (κ1) is 21.3. The number of hydrogen-bond acceptors (Lipinski definition) is 4. The Morgan fingerprint density at radius 2 is 1.47 bits per heavy atom. The molecule has 5 rings (SSSR count). The van der Waals surface area contributed by atoms with Gasteiger partial charge in [-0.3, -0.25) is 14.5 Å². The lowest BCUT2D eigenvalue weighted by molar-refractivity contribution is -0.576. The molecular formula is C27H22N4O3. The molecule has 0 radical (unpaired) electrons. The van der Waals surface area contributed by atoms with Crippen molar-refractivity contribution in [1.82, 2.24) is 14.7 Å². The number of imide groups is 1. The molecule has 0 aliphatic carbocycles. The molecular weight excluding hydrogens is 428 g/mol. The molecule has 2 amide bonds. The Balaban J connectivity index is 1.70. The maximum absolute atomic E-state index is 13.7. The number of aromatic nitrogens is 3. The van der Waals surface area contributed by atoms with E-state index in [1.807, 2.05) is 61.5 Å². The zero-order chi connectivity index (χ0) is 23.7. The largest absolute Gasteiger partial charge is 0.858 e. The third-order valence-electron chi connectivity index (χ3n) is 5.80. The van der Waals surface area contributed by atoms with Crippen LogP contribution in [0.5, 0.6) is 5.88 Å². The van der Waals surface area contributed by atoms with Crippen molar-refractivity contribution in [2.24, 2.45) is 0 Å². The van der Waals surface area contributed by atoms with Gasteiger partial charge in [-0.25, -0.2) is 4.68 Å². The fraction of sp³-hybridized carbons (Fsp3) is 0.111. The molecule has 3 heterocycles. The van der Waals surface area contributed by atoms with Crippen LogP contribution < -0.4 is 9.67 Å². The fourth-order valence-corrected chi connectivity index (χ4v) is 4.17. The van der Waals surface area contributed by atoms with Gasteiger partial charge in [0.25, 0.3) is 11.6 Å². The molecule has 0 N–H and O–H groups in total. The highest BCUT2D eigenvalue weighted by molar-refractivity contribution is 6.44. The third kappa shape index (κ3) is 3.57. The molecule has 0 bridgehead atoms. The summed E-state index contributed by atoms with van der Waals surface area (Å²) in [6.07, 6.45) is 3.83. The van der Waals surface area contributed by atoms with Crippen LogP contribution in [0.25, 0.3) is 17.0 Å². The summed E-state index contributed by atoms with van der Waals surface area (Å²) < 4.78 is 2.89. The maximum Gasteiger partial charge on any atom is 0.327 e. The second-order valence-electron chi connectivity index (χ2n) is 7.92. The van der Waals surface area contributed by atoms with Crippen molar-refractivity contribution in [3.63, 3.8) is 0 Å². The standard InChI is InChI=1S/C27H22N4O3/c1-2-21-22(26(33)31(28-21)20-14-8-4-9-15-20)23-24(29-16-10-5-11-17-29)27(34)30(25(23)32)18-19-12-6-3-7-13-19/h3-17H,2,18H2,1H3. The van der Waals surface area contributed by atoms with Crippen LogP contribution in [0.2, 0.25) is 0 Å². The van der Waals surface area contributed by atoms with Gasteiger partial charge in [0.05, 0.1) is 17.9 Å². The number of pyridine rings is 1. The zero-order valence-electron chi connectivity index (χ0n) is 18.6. The van der Waals surface area contributed by atoms with Crippen molar-refractivity contribution in [3.8, 4) is 11.6 Å². The summed E-state index contributed by atoms with van der Waals surface area (Å²) in [5.41, 5.74) is 2.30. The number of carbonyl (C=O) groups excluding carboxylic acids is 2. The monoisotopic (exact) mass is 450 g/mol. The fourth-order valence-electron chi connectivity index (χ4n) is 4.17. The summed E-state index contributed by atoms with van der Waals surface area (Å²) in [7, 11) is 0. The Hall–Kier alpha value is -4.52. The van der Waals surface area contributed by atoms with Gasteiger partial charge in [0, 0.05) is 17.7 Å². The number of hydrogen-bond donors (Lipinski definition) is 0. The minimum absolute atomic E-state index is 0.0844. The molecule has 34 heavy (non-hydrogen) atoms. The van der Waals surface area contributed by atoms with Gasteiger partial charge in [0.2, 0.25) is 0 Å². The molecule has 0 spiro atoms. The molecule has 7 heteroatoms. The second kappa shape index (κ2) is 8.78. The average molecular weight is 450 g/mol. The predicted molar refractivity (Wildman–Crippen MR) is 124 cm³/mol. The number of aryl methyl sites for hydroxylation is 1. The molecule has 1 aliphatic heterocycles. The van der Waals surface area contributed by atoms with E-state index in [0.29, 0.717) is 17.8 Å². The molecule has 1 aliphatic rings. The smallest absolute Gasteiger partial charge is 0.327 e. The zero-order valence-corrected chi connectivity index (χ0v) is 18.6. The first-order valence-electron chi connectivity index (χ1n) is 11.1. The molecule has 2 aromatic heterocycles. The highest BCUT2D eigenvalue weighted by Gasteiger charge is 2.46. The SMILES string of the molecule is CCc1nn(-c2ccccc2)c([O-])c1C1=C([n+]2ccccc2)C(=O)N(Cc2ccccc2)C1=O. The Kier molecular flexibility index (Phi) is 5.51. The van der Waals surface area contributed by atoms with Crippen molar-refractivity contribution in [3.05, 3.63) is 108 Å². The first-order chi connectivity index (χ1) is 16.6. The van der Waals surface area contributed by atoms with Crippen molar-refractivity contribution >= 4 is 23.1 Å². The average Bonchev–Trinajstić information content (AvgIpc) is 3.33. The van der Waals surface area contributed by atoms with Crippen molar-refractivity contribution in [1.29, 1.82) is 0 Å². The predicted octanol–water partition coefficient (Wildman–Crippen LogP) is 2.73. The second-order valence-corrected chi connectivity index (χ2v) is 7.92. The number of carbonyl (C=O) groups is 2. The van der Waals surface area contributed by atoms with E-state index in [9.17, 15) is 14.7 Å². The molecule has 2 aromatic carbocycles. The van der Waals surface area contributed by atoms with Gasteiger partial charge in [0.1, 0.15) is 5.57 Å². The van der Waals surface area contributed by atoms with E-state index in [2.05, 4.69) is 5.10 Å². The summed E-state index contributed by atoms with van der Waals surface area (Å²) in [6.45, 7) is 1.99. The van der Waals surface area contributed by atoms with Gasteiger partial charge in [-0.2, -0.15) is 9.67 Å². The van der Waals surface area contributed by atoms with Gasteiger partial charge in [-0.1, -0.05) is 61.5 Å². The van der Waals surface area contributed by atoms with Crippen LogP contribution in [0.15, 0.2) is 91.3 Å². The molecule has 4 aromatic rings. The van der Waals surface area contributed by atoms with Crippen LogP contribution in [0.1, 0.15) is 23.7 Å². The lowest BCUT2D eigenvalue weighted by atomic mass is 10.0. The normalized spacial score (nSPS) is 13.7. The van der Waals surface area contributed by atoms with E-state index in [1.165, 1.54) is 9.58 Å². The number of nitrogens with zero attached hydrogens (tertiary/aromatic N) is 4. The first-order valence-corrected chi connectivity index (χ1v) is 11.1. The third-order valence-corrected chi connectivity index (χ3v) is 5.80. The van der Waals surface area contributed by atoms with E-state index < -0.39 is 17.7 Å². The summed E-state index contributed by atoms with van der Waals surface area (Å²) in [6, 6.07) is 23.7. The Labute approximate surface area is 196 Å². The van der Waals surface area contributed by atoms with E-state index in [0.717, 1.165) is 5.56 Å². The summed E-state index contributed by atoms with van der Waals surface area (Å²) in [5, 5.41) is 18.1. The summed E-state index contributed by atoms with van der Waals surface area (Å²) >= 11 is 0. The topological polar surface area (TPSA) is 82.1 Å². The highest BCUT2D eigenvalue weighted by atomic mass is 16.3. The van der Waals surface area contributed by atoms with Crippen LogP contribution in [-0.2, 0) is 22.6 Å². The Morgan fingerprint density at radius 3 is 2.12 bits per heavy atom. The van der Waals surface area contributed by atoms with E-state index in [4.69, 9.17) is 0 Å². The minimum Gasteiger partial charge on any atom is -0.858 e. The van der Waals surface area contributed by atoms with Gasteiger partial charge < -0.3 is 5.11 Å². The maximum atomic E-state index is 13.7. The number of para-hydroxylation sites is 1. The molecule has 0 saturated heterocycles. The molecule has 0 unspecified atom stereocenters. The van der Waals surface area contributed by atoms with Crippen LogP contribution in [0.4, 0.5) is 0 Å². The van der Waals surface area contributed by atoms with E-state index in [-0.39, 0.29) is 23.4 Å². The van der Waals surface area contributed by atoms with Crippen molar-refractivity contribution in [2.45, 2.75) is 19.9 Å². The van der Waals surface area contributed by atoms with Crippen LogP contribution >= 0.6 is 0 Å². The van der Waals surface area contributed by atoms with Gasteiger partial charge in [0.15, 0.2) is 12.4 Å². The highest BCUT2D eigenvalue weighted by Crippen LogP contribution is 2.37. The lowest BCUT2D eigenvalue weighted by Crippen LogP contribution is -2.39. The van der Waals surface area contributed by atoms with Crippen LogP contribution in [0.3, 0.4) is 0 Å². The van der Waals surface area contributed by atoms with Gasteiger partial charge in [-0.05, 0) is 30.0 Å². The van der Waals surface area contributed by atoms with Crippen LogP contribution in [-0.4, -0.2) is 26.5 Å². The number of benzene rings is 2. The minimum atomic E-state index is -0.500. The van der Waals surface area contributed by atoms with E-state index in [1.54, 1.807) is 41.2 Å². The van der Waals surface area contributed by atoms with E-state index >= 15 is 0 Å². The van der Waals surface area contributed by atoms with Gasteiger partial charge in [-0.15, -0.1) is 0 Å². The van der Waals surface area contributed by atoms with Crippen LogP contribution in [0, 0.1) is 0 Å².